The molecule has 0 aliphatic heterocycles. The molecule has 4 heterocycles. The van der Waals surface area contributed by atoms with Crippen LogP contribution in [0.5, 0.6) is 0 Å². The Morgan fingerprint density at radius 3 is 2.70 bits per heavy atom. The van der Waals surface area contributed by atoms with Crippen LogP contribution in [0.3, 0.4) is 0 Å². The number of halogens is 1. The Morgan fingerprint density at radius 1 is 1.20 bits per heavy atom. The van der Waals surface area contributed by atoms with E-state index in [1.54, 1.807) is 17.1 Å². The molecule has 0 fully saturated rings. The molecule has 4 rings (SSSR count). The predicted molar refractivity (Wildman–Crippen MR) is 116 cm³/mol. The summed E-state index contributed by atoms with van der Waals surface area (Å²) in [7, 11) is 1.84. The number of nitrogens with one attached hydrogen (secondary N) is 2. The monoisotopic (exact) mass is 422 g/mol. The second-order valence-corrected chi connectivity index (χ2v) is 7.29. The number of rotatable bonds is 5. The first-order chi connectivity index (χ1) is 14.3. The van der Waals surface area contributed by atoms with Gasteiger partial charge in [-0.3, -0.25) is 14.0 Å². The number of hydrogen-bond donors (Lipinski definition) is 2. The van der Waals surface area contributed by atoms with Gasteiger partial charge in [0.25, 0.3) is 5.91 Å². The largest absolute Gasteiger partial charge is 0.320 e. The third-order valence-electron chi connectivity index (χ3n) is 4.47. The van der Waals surface area contributed by atoms with E-state index < -0.39 is 5.91 Å². The van der Waals surface area contributed by atoms with Crippen LogP contribution in [-0.4, -0.2) is 35.2 Å². The molecule has 4 aromatic heterocycles. The van der Waals surface area contributed by atoms with E-state index in [-0.39, 0.29) is 5.03 Å². The lowest BCUT2D eigenvalue weighted by Gasteiger charge is -2.10. The highest BCUT2D eigenvalue weighted by Crippen LogP contribution is 2.26. The smallest absolute Gasteiger partial charge is 0.266 e. The third kappa shape index (κ3) is 3.74. The first-order valence-electron chi connectivity index (χ1n) is 9.06. The summed E-state index contributed by atoms with van der Waals surface area (Å²) >= 11 is 5.65. The van der Waals surface area contributed by atoms with Crippen molar-refractivity contribution in [2.45, 2.75) is 13.8 Å². The summed E-state index contributed by atoms with van der Waals surface area (Å²) in [5.74, 6) is 1.31. The van der Waals surface area contributed by atoms with Crippen LogP contribution in [0.1, 0.15) is 11.1 Å². The quantitative estimate of drug-likeness (QED) is 0.476. The molecule has 0 radical (unpaired) electrons. The zero-order valence-electron chi connectivity index (χ0n) is 16.6. The Balaban J connectivity index is 1.73. The van der Waals surface area contributed by atoms with E-state index in [2.05, 4.69) is 37.3 Å². The lowest BCUT2D eigenvalue weighted by Crippen LogP contribution is -2.11. The summed E-state index contributed by atoms with van der Waals surface area (Å²) < 4.78 is 3.59. The molecule has 0 aromatic carbocycles. The van der Waals surface area contributed by atoms with Crippen molar-refractivity contribution >= 4 is 46.0 Å². The Bertz CT molecular complexity index is 1290. The molecule has 4 aromatic rings. The van der Waals surface area contributed by atoms with Gasteiger partial charge in [-0.05, 0) is 25.5 Å². The Morgan fingerprint density at radius 2 is 2.00 bits per heavy atom. The topological polar surface area (TPSA) is 103 Å². The first-order valence-corrected chi connectivity index (χ1v) is 9.44. The van der Waals surface area contributed by atoms with E-state index >= 15 is 0 Å². The van der Waals surface area contributed by atoms with Gasteiger partial charge in [0.05, 0.1) is 16.9 Å². The molecule has 0 unspecified atom stereocenters. The van der Waals surface area contributed by atoms with E-state index in [0.29, 0.717) is 28.9 Å². The fourth-order valence-corrected chi connectivity index (χ4v) is 3.07. The van der Waals surface area contributed by atoms with E-state index in [1.807, 2.05) is 50.0 Å². The molecule has 0 saturated heterocycles. The molecule has 0 aliphatic carbocycles. The molecule has 0 aliphatic rings. The molecule has 9 nitrogen and oxygen atoms in total. The van der Waals surface area contributed by atoms with Gasteiger partial charge in [0, 0.05) is 42.7 Å². The number of aromatic nitrogens is 6. The van der Waals surface area contributed by atoms with Crippen molar-refractivity contribution in [3.8, 4) is 5.82 Å². The number of aryl methyl sites for hydroxylation is 3. The predicted octanol–water partition coefficient (Wildman–Crippen LogP) is 3.60. The summed E-state index contributed by atoms with van der Waals surface area (Å²) in [6.07, 6.45) is 7.10. The standard InChI is InChI=1S/C20H19ClN8O/c1-11-8-23-20(25-16-5-6-28(4)27-16)26-17(11)29-10-12(2)15-7-14(9-22-18(15)29)24-19(30)13(3)21/h5-10H,3H2,1-2,4H3,(H,24,30)(H,23,25,26,27). The Kier molecular flexibility index (Phi) is 4.96. The maximum Gasteiger partial charge on any atom is 0.266 e. The minimum atomic E-state index is -0.466. The van der Waals surface area contributed by atoms with Gasteiger partial charge in [-0.1, -0.05) is 18.2 Å². The van der Waals surface area contributed by atoms with Crippen molar-refractivity contribution in [1.82, 2.24) is 29.3 Å². The summed E-state index contributed by atoms with van der Waals surface area (Å²) in [6.45, 7) is 7.33. The van der Waals surface area contributed by atoms with Crippen molar-refractivity contribution in [2.75, 3.05) is 10.6 Å². The molecule has 0 spiro atoms. The van der Waals surface area contributed by atoms with Gasteiger partial charge < -0.3 is 10.6 Å². The highest BCUT2D eigenvalue weighted by atomic mass is 35.5. The minimum absolute atomic E-state index is 0.0889. The normalized spacial score (nSPS) is 10.9. The molecule has 0 atom stereocenters. The fourth-order valence-electron chi connectivity index (χ4n) is 3.03. The Hall–Kier alpha value is -3.72. The van der Waals surface area contributed by atoms with Crippen LogP contribution in [0.4, 0.5) is 17.5 Å². The van der Waals surface area contributed by atoms with Crippen LogP contribution < -0.4 is 10.6 Å². The van der Waals surface area contributed by atoms with Gasteiger partial charge in [-0.25, -0.2) is 9.97 Å². The molecular weight excluding hydrogens is 404 g/mol. The van der Waals surface area contributed by atoms with Crippen molar-refractivity contribution in [1.29, 1.82) is 0 Å². The van der Waals surface area contributed by atoms with Crippen molar-refractivity contribution < 1.29 is 4.79 Å². The molecule has 10 heteroatoms. The number of pyridine rings is 1. The van der Waals surface area contributed by atoms with Crippen LogP contribution in [0.15, 0.2) is 48.5 Å². The zero-order chi connectivity index (χ0) is 21.4. The number of carbonyl (C=O) groups excluding carboxylic acids is 1. The number of anilines is 3. The maximum absolute atomic E-state index is 11.8. The van der Waals surface area contributed by atoms with Gasteiger partial charge >= 0.3 is 0 Å². The minimum Gasteiger partial charge on any atom is -0.320 e. The van der Waals surface area contributed by atoms with E-state index in [9.17, 15) is 4.79 Å². The van der Waals surface area contributed by atoms with Gasteiger partial charge in [-0.2, -0.15) is 10.1 Å². The average Bonchev–Trinajstić information content (AvgIpc) is 3.26. The number of nitrogens with zero attached hydrogens (tertiary/aromatic N) is 6. The first kappa shape index (κ1) is 19.6. The maximum atomic E-state index is 11.8. The SMILES string of the molecule is C=C(Cl)C(=O)Nc1cnc2c(c1)c(C)cn2-c1nc(Nc2ccn(C)n2)ncc1C. The van der Waals surface area contributed by atoms with Crippen molar-refractivity contribution in [3.05, 3.63) is 59.7 Å². The number of amides is 1. The summed E-state index contributed by atoms with van der Waals surface area (Å²) in [6, 6.07) is 3.68. The molecule has 2 N–H and O–H groups in total. The molecule has 30 heavy (non-hydrogen) atoms. The highest BCUT2D eigenvalue weighted by Gasteiger charge is 2.15. The molecule has 0 bridgehead atoms. The lowest BCUT2D eigenvalue weighted by molar-refractivity contribution is -0.112. The van der Waals surface area contributed by atoms with E-state index in [0.717, 1.165) is 16.5 Å². The van der Waals surface area contributed by atoms with E-state index in [1.165, 1.54) is 0 Å². The third-order valence-corrected chi connectivity index (χ3v) is 4.64. The van der Waals surface area contributed by atoms with Gasteiger partial charge in [0.1, 0.15) is 11.5 Å². The number of hydrogen-bond acceptors (Lipinski definition) is 6. The van der Waals surface area contributed by atoms with E-state index in [4.69, 9.17) is 11.6 Å². The fraction of sp³-hybridized carbons (Fsp3) is 0.150. The highest BCUT2D eigenvalue weighted by molar-refractivity contribution is 6.43. The second-order valence-electron chi connectivity index (χ2n) is 6.84. The molecule has 1 amide bonds. The molecular formula is C20H19ClN8O. The second kappa shape index (κ2) is 7.60. The summed E-state index contributed by atoms with van der Waals surface area (Å²) in [4.78, 5) is 25.3. The van der Waals surface area contributed by atoms with Crippen molar-refractivity contribution in [2.24, 2.45) is 7.05 Å². The van der Waals surface area contributed by atoms with Crippen LogP contribution in [0.25, 0.3) is 16.9 Å². The van der Waals surface area contributed by atoms with Crippen molar-refractivity contribution in [3.63, 3.8) is 0 Å². The lowest BCUT2D eigenvalue weighted by atomic mass is 10.2. The summed E-state index contributed by atoms with van der Waals surface area (Å²) in [5, 5.41) is 10.9. The Labute approximate surface area is 177 Å². The number of carbonyl (C=O) groups is 1. The van der Waals surface area contributed by atoms with Crippen LogP contribution in [-0.2, 0) is 11.8 Å². The van der Waals surface area contributed by atoms with Gasteiger partial charge in [0.2, 0.25) is 5.95 Å². The number of fused-ring (bicyclic) bond motifs is 1. The zero-order valence-corrected chi connectivity index (χ0v) is 17.4. The van der Waals surface area contributed by atoms with Crippen LogP contribution in [0, 0.1) is 13.8 Å². The molecule has 0 saturated carbocycles. The average molecular weight is 423 g/mol. The van der Waals surface area contributed by atoms with Gasteiger partial charge in [0.15, 0.2) is 5.82 Å². The van der Waals surface area contributed by atoms with Crippen LogP contribution in [0.2, 0.25) is 0 Å². The van der Waals surface area contributed by atoms with Gasteiger partial charge in [-0.15, -0.1) is 0 Å². The van der Waals surface area contributed by atoms with Crippen LogP contribution >= 0.6 is 11.6 Å². The summed E-state index contributed by atoms with van der Waals surface area (Å²) in [5.41, 5.74) is 3.11. The molecule has 152 valence electrons.